The fourth-order valence-corrected chi connectivity index (χ4v) is 2.32. The highest BCUT2D eigenvalue weighted by molar-refractivity contribution is 5.63. The minimum Gasteiger partial charge on any atom is -0.352 e. The van der Waals surface area contributed by atoms with Crippen LogP contribution in [0.2, 0.25) is 0 Å². The van der Waals surface area contributed by atoms with Crippen molar-refractivity contribution in [3.05, 3.63) is 82.3 Å². The maximum absolute atomic E-state index is 12.7. The lowest BCUT2D eigenvalue weighted by atomic mass is 10.0. The highest BCUT2D eigenvalue weighted by Gasteiger charge is 2.33. The molecule has 2 N–H and O–H groups in total. The average Bonchev–Trinajstić information content (AvgIpc) is 2.60. The summed E-state index contributed by atoms with van der Waals surface area (Å²) in [6.45, 7) is 0.235. The van der Waals surface area contributed by atoms with E-state index in [2.05, 4.69) is 15.3 Å². The van der Waals surface area contributed by atoms with Crippen molar-refractivity contribution in [2.75, 3.05) is 5.32 Å². The van der Waals surface area contributed by atoms with Crippen LogP contribution in [0.5, 0.6) is 0 Å². The second-order valence-electron chi connectivity index (χ2n) is 5.39. The number of nitrogens with one attached hydrogen (secondary N) is 2. The second-order valence-corrected chi connectivity index (χ2v) is 5.39. The Kier molecular flexibility index (Phi) is 4.56. The third-order valence-electron chi connectivity index (χ3n) is 3.55. The molecule has 3 rings (SSSR count). The summed E-state index contributed by atoms with van der Waals surface area (Å²) in [7, 11) is 0. The van der Waals surface area contributed by atoms with E-state index >= 15 is 0 Å². The molecule has 0 spiro atoms. The number of aromatic nitrogens is 2. The molecule has 0 unspecified atom stereocenters. The summed E-state index contributed by atoms with van der Waals surface area (Å²) in [6.07, 6.45) is -4.66. The molecule has 1 aromatic heterocycles. The summed E-state index contributed by atoms with van der Waals surface area (Å²) in [5.41, 5.74) is 0.878. The van der Waals surface area contributed by atoms with Crippen molar-refractivity contribution in [1.82, 2.24) is 9.97 Å². The topological polar surface area (TPSA) is 57.8 Å². The van der Waals surface area contributed by atoms with Crippen LogP contribution in [0.25, 0.3) is 11.1 Å². The molecule has 25 heavy (non-hydrogen) atoms. The second kappa shape index (κ2) is 6.80. The summed E-state index contributed by atoms with van der Waals surface area (Å²) in [6, 6.07) is 17.8. The van der Waals surface area contributed by atoms with Crippen LogP contribution in [0.4, 0.5) is 19.1 Å². The van der Waals surface area contributed by atoms with Crippen LogP contribution in [-0.2, 0) is 12.7 Å². The van der Waals surface area contributed by atoms with E-state index in [1.807, 2.05) is 54.6 Å². The smallest absolute Gasteiger partial charge is 0.352 e. The molecule has 3 aromatic rings. The fourth-order valence-electron chi connectivity index (χ4n) is 2.32. The highest BCUT2D eigenvalue weighted by Crippen LogP contribution is 2.27. The van der Waals surface area contributed by atoms with Gasteiger partial charge in [-0.1, -0.05) is 54.6 Å². The van der Waals surface area contributed by atoms with Crippen LogP contribution in [0.3, 0.4) is 0 Å². The lowest BCUT2D eigenvalue weighted by molar-refractivity contribution is -0.141. The molecule has 0 bridgehead atoms. The molecule has 0 aliphatic heterocycles. The first-order chi connectivity index (χ1) is 11.9. The van der Waals surface area contributed by atoms with Crippen molar-refractivity contribution in [2.24, 2.45) is 0 Å². The Labute approximate surface area is 141 Å². The zero-order chi connectivity index (χ0) is 17.9. The summed E-state index contributed by atoms with van der Waals surface area (Å²) in [4.78, 5) is 17.0. The first-order valence-electron chi connectivity index (χ1n) is 7.48. The molecular formula is C18H14F3N3O. The van der Waals surface area contributed by atoms with Gasteiger partial charge in [0.1, 0.15) is 0 Å². The first kappa shape index (κ1) is 16.8. The Morgan fingerprint density at radius 2 is 1.60 bits per heavy atom. The third kappa shape index (κ3) is 4.26. The number of nitrogens with zero attached hydrogens (tertiary/aromatic N) is 1. The van der Waals surface area contributed by atoms with E-state index in [1.165, 1.54) is 0 Å². The molecule has 0 fully saturated rings. The van der Waals surface area contributed by atoms with Gasteiger partial charge in [-0.2, -0.15) is 13.2 Å². The minimum atomic E-state index is -4.66. The van der Waals surface area contributed by atoms with Crippen LogP contribution in [0.1, 0.15) is 11.3 Å². The molecule has 2 aromatic carbocycles. The van der Waals surface area contributed by atoms with Gasteiger partial charge in [-0.3, -0.25) is 9.78 Å². The van der Waals surface area contributed by atoms with Gasteiger partial charge in [-0.15, -0.1) is 0 Å². The number of rotatable bonds is 4. The van der Waals surface area contributed by atoms with Crippen LogP contribution in [-0.4, -0.2) is 9.97 Å². The number of alkyl halides is 3. The average molecular weight is 345 g/mol. The van der Waals surface area contributed by atoms with Gasteiger partial charge in [0.05, 0.1) is 0 Å². The predicted molar refractivity (Wildman–Crippen MR) is 89.1 cm³/mol. The van der Waals surface area contributed by atoms with Crippen molar-refractivity contribution in [2.45, 2.75) is 12.7 Å². The van der Waals surface area contributed by atoms with Gasteiger partial charge >= 0.3 is 6.18 Å². The summed E-state index contributed by atoms with van der Waals surface area (Å²) >= 11 is 0. The lowest BCUT2D eigenvalue weighted by Gasteiger charge is -2.09. The fraction of sp³-hybridized carbons (Fsp3) is 0.111. The van der Waals surface area contributed by atoms with Crippen LogP contribution < -0.4 is 10.9 Å². The molecule has 0 saturated carbocycles. The maximum atomic E-state index is 12.7. The van der Waals surface area contributed by atoms with Crippen molar-refractivity contribution in [3.63, 3.8) is 0 Å². The SMILES string of the molecule is O=c1cc(C(F)(F)F)nc(NCc2ccc(-c3ccccc3)cc2)[nH]1. The van der Waals surface area contributed by atoms with Crippen molar-refractivity contribution < 1.29 is 13.2 Å². The Morgan fingerprint density at radius 3 is 2.24 bits per heavy atom. The zero-order valence-corrected chi connectivity index (χ0v) is 13.0. The molecule has 0 atom stereocenters. The number of aromatic amines is 1. The number of hydrogen-bond donors (Lipinski definition) is 2. The first-order valence-corrected chi connectivity index (χ1v) is 7.48. The zero-order valence-electron chi connectivity index (χ0n) is 13.0. The normalized spacial score (nSPS) is 11.3. The maximum Gasteiger partial charge on any atom is 0.433 e. The van der Waals surface area contributed by atoms with E-state index < -0.39 is 17.4 Å². The predicted octanol–water partition coefficient (Wildman–Crippen LogP) is 4.07. The third-order valence-corrected chi connectivity index (χ3v) is 3.55. The summed E-state index contributed by atoms with van der Waals surface area (Å²) < 4.78 is 38.0. The van der Waals surface area contributed by atoms with Gasteiger partial charge in [-0.05, 0) is 16.7 Å². The molecule has 1 heterocycles. The Morgan fingerprint density at radius 1 is 0.960 bits per heavy atom. The molecule has 0 aliphatic carbocycles. The van der Waals surface area contributed by atoms with Crippen LogP contribution in [0.15, 0.2) is 65.5 Å². The van der Waals surface area contributed by atoms with E-state index in [9.17, 15) is 18.0 Å². The van der Waals surface area contributed by atoms with E-state index in [0.717, 1.165) is 16.7 Å². The quantitative estimate of drug-likeness (QED) is 0.749. The molecular weight excluding hydrogens is 331 g/mol. The molecule has 0 saturated heterocycles. The largest absolute Gasteiger partial charge is 0.433 e. The van der Waals surface area contributed by atoms with Gasteiger partial charge in [0.2, 0.25) is 5.95 Å². The highest BCUT2D eigenvalue weighted by atomic mass is 19.4. The summed E-state index contributed by atoms with van der Waals surface area (Å²) in [5, 5.41) is 2.71. The van der Waals surface area contributed by atoms with Crippen LogP contribution in [0, 0.1) is 0 Å². The molecule has 0 amide bonds. The molecule has 7 heteroatoms. The van der Waals surface area contributed by atoms with E-state index in [-0.39, 0.29) is 12.5 Å². The summed E-state index contributed by atoms with van der Waals surface area (Å²) in [5.74, 6) is -0.216. The van der Waals surface area contributed by atoms with Gasteiger partial charge < -0.3 is 5.32 Å². The Hall–Kier alpha value is -3.09. The Balaban J connectivity index is 1.72. The molecule has 128 valence electrons. The minimum absolute atomic E-state index is 0.216. The van der Waals surface area contributed by atoms with Gasteiger partial charge in [0.15, 0.2) is 5.69 Å². The van der Waals surface area contributed by atoms with E-state index in [1.54, 1.807) is 0 Å². The van der Waals surface area contributed by atoms with Crippen molar-refractivity contribution in [3.8, 4) is 11.1 Å². The van der Waals surface area contributed by atoms with E-state index in [0.29, 0.717) is 6.07 Å². The molecule has 4 nitrogen and oxygen atoms in total. The number of anilines is 1. The van der Waals surface area contributed by atoms with Gasteiger partial charge in [0.25, 0.3) is 5.56 Å². The van der Waals surface area contributed by atoms with Crippen LogP contribution >= 0.6 is 0 Å². The lowest BCUT2D eigenvalue weighted by Crippen LogP contribution is -2.18. The number of benzene rings is 2. The number of halogens is 3. The monoisotopic (exact) mass is 345 g/mol. The van der Waals surface area contributed by atoms with Crippen molar-refractivity contribution in [1.29, 1.82) is 0 Å². The standard InChI is InChI=1S/C18H14F3N3O/c19-18(20,21)15-10-16(25)24-17(23-15)22-11-12-6-8-14(9-7-12)13-4-2-1-3-5-13/h1-10H,11H2,(H2,22,23,24,25). The van der Waals surface area contributed by atoms with E-state index in [4.69, 9.17) is 0 Å². The Bertz CT molecular complexity index is 903. The van der Waals surface area contributed by atoms with Gasteiger partial charge in [0, 0.05) is 12.6 Å². The molecule has 0 radical (unpaired) electrons. The van der Waals surface area contributed by atoms with Crippen molar-refractivity contribution >= 4 is 5.95 Å². The number of H-pyrrole nitrogens is 1. The van der Waals surface area contributed by atoms with Gasteiger partial charge in [-0.25, -0.2) is 4.98 Å². The number of hydrogen-bond acceptors (Lipinski definition) is 3. The molecule has 0 aliphatic rings.